The van der Waals surface area contributed by atoms with Gasteiger partial charge in [-0.1, -0.05) is 12.1 Å². The Bertz CT molecular complexity index is 849. The van der Waals surface area contributed by atoms with Gasteiger partial charge in [0.2, 0.25) is 11.8 Å². The fraction of sp³-hybridized carbons (Fsp3) is 0.471. The molecule has 0 saturated carbocycles. The topological polar surface area (TPSA) is 85.1 Å². The molecular formula is C17H22N4O3. The monoisotopic (exact) mass is 330 g/mol. The molecule has 7 heteroatoms. The van der Waals surface area contributed by atoms with E-state index in [1.54, 1.807) is 11.6 Å². The number of piperidine rings is 1. The van der Waals surface area contributed by atoms with Gasteiger partial charge in [-0.3, -0.25) is 24.0 Å². The minimum atomic E-state index is -0.633. The SMILES string of the molecule is CNCCCc1cccc2c1n(C)c(=O)n2C1CCC(=O)NC1=O. The average molecular weight is 330 g/mol. The molecule has 1 saturated heterocycles. The summed E-state index contributed by atoms with van der Waals surface area (Å²) < 4.78 is 3.13. The number of benzene rings is 1. The summed E-state index contributed by atoms with van der Waals surface area (Å²) in [5.74, 6) is -0.682. The summed E-state index contributed by atoms with van der Waals surface area (Å²) in [5.41, 5.74) is 2.48. The molecule has 2 heterocycles. The highest BCUT2D eigenvalue weighted by molar-refractivity contribution is 6.00. The summed E-state index contributed by atoms with van der Waals surface area (Å²) in [6, 6.07) is 5.17. The molecule has 0 aliphatic carbocycles. The fourth-order valence-electron chi connectivity index (χ4n) is 3.41. The summed E-state index contributed by atoms with van der Waals surface area (Å²) in [7, 11) is 3.64. The lowest BCUT2D eigenvalue weighted by atomic mass is 10.0. The zero-order valence-corrected chi connectivity index (χ0v) is 14.0. The van der Waals surface area contributed by atoms with Crippen molar-refractivity contribution < 1.29 is 9.59 Å². The number of hydrogen-bond donors (Lipinski definition) is 2. The molecule has 1 aliphatic heterocycles. The Balaban J connectivity index is 2.08. The van der Waals surface area contributed by atoms with Crippen molar-refractivity contribution in [3.63, 3.8) is 0 Å². The molecule has 1 fully saturated rings. The van der Waals surface area contributed by atoms with E-state index < -0.39 is 11.9 Å². The first-order valence-corrected chi connectivity index (χ1v) is 8.21. The molecule has 1 aliphatic rings. The molecule has 2 N–H and O–H groups in total. The Labute approximate surface area is 139 Å². The van der Waals surface area contributed by atoms with E-state index >= 15 is 0 Å². The molecule has 1 aromatic heterocycles. The maximum atomic E-state index is 12.7. The van der Waals surface area contributed by atoms with E-state index in [9.17, 15) is 14.4 Å². The van der Waals surface area contributed by atoms with Crippen LogP contribution in [0.3, 0.4) is 0 Å². The van der Waals surface area contributed by atoms with Gasteiger partial charge in [0, 0.05) is 13.5 Å². The summed E-state index contributed by atoms with van der Waals surface area (Å²) in [6.07, 6.45) is 2.42. The van der Waals surface area contributed by atoms with Crippen LogP contribution >= 0.6 is 0 Å². The predicted octanol–water partition coefficient (Wildman–Crippen LogP) is 0.470. The van der Waals surface area contributed by atoms with Crippen LogP contribution < -0.4 is 16.3 Å². The summed E-state index contributed by atoms with van der Waals surface area (Å²) in [6.45, 7) is 0.901. The van der Waals surface area contributed by atoms with Crippen molar-refractivity contribution in [1.82, 2.24) is 19.8 Å². The first kappa shape index (κ1) is 16.4. The normalized spacial score (nSPS) is 18.2. The van der Waals surface area contributed by atoms with Crippen LogP contribution in [0.5, 0.6) is 0 Å². The first-order valence-electron chi connectivity index (χ1n) is 8.21. The van der Waals surface area contributed by atoms with Gasteiger partial charge in [-0.25, -0.2) is 4.79 Å². The van der Waals surface area contributed by atoms with Gasteiger partial charge < -0.3 is 5.32 Å². The van der Waals surface area contributed by atoms with Gasteiger partial charge in [0.25, 0.3) is 0 Å². The second-order valence-corrected chi connectivity index (χ2v) is 6.17. The number of hydrogen-bond acceptors (Lipinski definition) is 4. The van der Waals surface area contributed by atoms with Crippen molar-refractivity contribution in [3.05, 3.63) is 34.2 Å². The number of carbonyl (C=O) groups excluding carboxylic acids is 2. The molecule has 7 nitrogen and oxygen atoms in total. The van der Waals surface area contributed by atoms with Gasteiger partial charge in [-0.05, 0) is 44.5 Å². The van der Waals surface area contributed by atoms with Gasteiger partial charge in [0.05, 0.1) is 11.0 Å². The van der Waals surface area contributed by atoms with E-state index in [0.29, 0.717) is 6.42 Å². The smallest absolute Gasteiger partial charge is 0.320 e. The number of carbonyl (C=O) groups is 2. The van der Waals surface area contributed by atoms with Crippen LogP contribution in [-0.2, 0) is 23.1 Å². The molecule has 0 spiro atoms. The van der Waals surface area contributed by atoms with Gasteiger partial charge in [0.15, 0.2) is 0 Å². The number of rotatable bonds is 5. The molecule has 1 aromatic carbocycles. The Morgan fingerprint density at radius 1 is 1.29 bits per heavy atom. The third-order valence-corrected chi connectivity index (χ3v) is 4.58. The maximum Gasteiger partial charge on any atom is 0.329 e. The van der Waals surface area contributed by atoms with Gasteiger partial charge in [-0.15, -0.1) is 0 Å². The highest BCUT2D eigenvalue weighted by Gasteiger charge is 2.31. The Morgan fingerprint density at radius 3 is 2.79 bits per heavy atom. The molecule has 0 radical (unpaired) electrons. The maximum absolute atomic E-state index is 12.7. The van der Waals surface area contributed by atoms with Crippen molar-refractivity contribution in [2.75, 3.05) is 13.6 Å². The van der Waals surface area contributed by atoms with Crippen LogP contribution in [0.25, 0.3) is 11.0 Å². The fourth-order valence-corrected chi connectivity index (χ4v) is 3.41. The van der Waals surface area contributed by atoms with Crippen molar-refractivity contribution >= 4 is 22.8 Å². The van der Waals surface area contributed by atoms with Crippen molar-refractivity contribution in [2.24, 2.45) is 7.05 Å². The van der Waals surface area contributed by atoms with E-state index in [4.69, 9.17) is 0 Å². The first-order chi connectivity index (χ1) is 11.5. The van der Waals surface area contributed by atoms with Gasteiger partial charge in [0.1, 0.15) is 6.04 Å². The molecular weight excluding hydrogens is 308 g/mol. The average Bonchev–Trinajstić information content (AvgIpc) is 2.81. The number of nitrogens with zero attached hydrogens (tertiary/aromatic N) is 2. The quantitative estimate of drug-likeness (QED) is 0.616. The number of aryl methyl sites for hydroxylation is 2. The van der Waals surface area contributed by atoms with E-state index in [-0.39, 0.29) is 18.0 Å². The van der Waals surface area contributed by atoms with Crippen LogP contribution in [0.15, 0.2) is 23.0 Å². The summed E-state index contributed by atoms with van der Waals surface area (Å²) in [5, 5.41) is 5.45. The minimum absolute atomic E-state index is 0.222. The number of imide groups is 1. The third-order valence-electron chi connectivity index (χ3n) is 4.58. The number of aromatic nitrogens is 2. The van der Waals surface area contributed by atoms with Gasteiger partial charge in [-0.2, -0.15) is 0 Å². The number of imidazole rings is 1. The van der Waals surface area contributed by atoms with E-state index in [1.165, 1.54) is 4.57 Å². The van der Waals surface area contributed by atoms with Crippen LogP contribution in [0.4, 0.5) is 0 Å². The minimum Gasteiger partial charge on any atom is -0.320 e. The van der Waals surface area contributed by atoms with Crippen LogP contribution in [0.1, 0.15) is 30.9 Å². The zero-order chi connectivity index (χ0) is 17.3. The van der Waals surface area contributed by atoms with E-state index in [1.807, 2.05) is 25.2 Å². The number of fused-ring (bicyclic) bond motifs is 1. The zero-order valence-electron chi connectivity index (χ0n) is 14.0. The summed E-state index contributed by atoms with van der Waals surface area (Å²) >= 11 is 0. The van der Waals surface area contributed by atoms with Crippen LogP contribution in [0, 0.1) is 0 Å². The molecule has 2 amide bonds. The largest absolute Gasteiger partial charge is 0.329 e. The van der Waals surface area contributed by atoms with E-state index in [0.717, 1.165) is 36.0 Å². The lowest BCUT2D eigenvalue weighted by Crippen LogP contribution is -2.44. The second-order valence-electron chi connectivity index (χ2n) is 6.17. The standard InChI is InChI=1S/C17H22N4O3/c1-18-10-4-6-11-5-3-7-12-15(11)20(2)17(24)21(12)13-8-9-14(22)19-16(13)23/h3,5,7,13,18H,4,6,8-10H2,1-2H3,(H,19,22,23). The van der Waals surface area contributed by atoms with E-state index in [2.05, 4.69) is 10.6 Å². The van der Waals surface area contributed by atoms with Crippen molar-refractivity contribution in [3.8, 4) is 0 Å². The molecule has 3 rings (SSSR count). The molecule has 128 valence electrons. The Morgan fingerprint density at radius 2 is 2.08 bits per heavy atom. The number of para-hydroxylation sites is 1. The Hall–Kier alpha value is -2.41. The lowest BCUT2D eigenvalue weighted by Gasteiger charge is -2.21. The highest BCUT2D eigenvalue weighted by Crippen LogP contribution is 2.25. The second kappa shape index (κ2) is 6.60. The molecule has 1 atom stereocenters. The molecule has 24 heavy (non-hydrogen) atoms. The van der Waals surface area contributed by atoms with Crippen molar-refractivity contribution in [2.45, 2.75) is 31.7 Å². The lowest BCUT2D eigenvalue weighted by molar-refractivity contribution is -0.135. The highest BCUT2D eigenvalue weighted by atomic mass is 16.2. The van der Waals surface area contributed by atoms with Crippen LogP contribution in [-0.4, -0.2) is 34.5 Å². The summed E-state index contributed by atoms with van der Waals surface area (Å²) in [4.78, 5) is 36.3. The third kappa shape index (κ3) is 2.75. The Kier molecular flexibility index (Phi) is 4.53. The van der Waals surface area contributed by atoms with Crippen LogP contribution in [0.2, 0.25) is 0 Å². The number of nitrogens with one attached hydrogen (secondary N) is 2. The van der Waals surface area contributed by atoms with Gasteiger partial charge >= 0.3 is 5.69 Å². The van der Waals surface area contributed by atoms with Crippen molar-refractivity contribution in [1.29, 1.82) is 0 Å². The molecule has 0 bridgehead atoms. The molecule has 2 aromatic rings. The molecule has 1 unspecified atom stereocenters. The number of amides is 2. The predicted molar refractivity (Wildman–Crippen MR) is 90.8 cm³/mol.